The number of aromatic nitrogens is 3. The number of amides is 2. The van der Waals surface area contributed by atoms with Crippen LogP contribution in [0.1, 0.15) is 66.4 Å². The van der Waals surface area contributed by atoms with Gasteiger partial charge in [0.1, 0.15) is 11.5 Å². The fourth-order valence-electron chi connectivity index (χ4n) is 3.59. The first kappa shape index (κ1) is 21.6. The van der Waals surface area contributed by atoms with Crippen LogP contribution in [0.3, 0.4) is 0 Å². The maximum atomic E-state index is 12.7. The molecular formula is C21H29N5O4. The van der Waals surface area contributed by atoms with Crippen molar-refractivity contribution >= 4 is 11.8 Å². The SMILES string of the molecule is COc1cc(OC)cc(C(=O)NC2CCC(n3cc(C(=O)NC(C)C)nn3)CC2)c1. The number of hydrogen-bond acceptors (Lipinski definition) is 6. The molecule has 2 aromatic rings. The molecule has 0 radical (unpaired) electrons. The van der Waals surface area contributed by atoms with E-state index in [1.54, 1.807) is 43.3 Å². The van der Waals surface area contributed by atoms with Crippen LogP contribution in [0, 0.1) is 0 Å². The predicted molar refractivity (Wildman–Crippen MR) is 111 cm³/mol. The molecule has 1 saturated carbocycles. The van der Waals surface area contributed by atoms with Gasteiger partial charge in [-0.1, -0.05) is 5.21 Å². The molecule has 9 heteroatoms. The van der Waals surface area contributed by atoms with Crippen molar-refractivity contribution in [3.05, 3.63) is 35.7 Å². The Hall–Kier alpha value is -3.10. The second-order valence-electron chi connectivity index (χ2n) is 7.79. The van der Waals surface area contributed by atoms with Crippen LogP contribution in [0.5, 0.6) is 11.5 Å². The van der Waals surface area contributed by atoms with Gasteiger partial charge in [-0.3, -0.25) is 9.59 Å². The molecule has 1 aromatic heterocycles. The molecule has 0 spiro atoms. The number of benzene rings is 1. The molecule has 0 unspecified atom stereocenters. The van der Waals surface area contributed by atoms with Gasteiger partial charge >= 0.3 is 0 Å². The van der Waals surface area contributed by atoms with Crippen molar-refractivity contribution in [3.8, 4) is 11.5 Å². The fourth-order valence-corrected chi connectivity index (χ4v) is 3.59. The molecule has 1 aromatic carbocycles. The van der Waals surface area contributed by atoms with E-state index < -0.39 is 0 Å². The second kappa shape index (κ2) is 9.60. The summed E-state index contributed by atoms with van der Waals surface area (Å²) in [5.41, 5.74) is 0.830. The Morgan fingerprint density at radius 2 is 1.67 bits per heavy atom. The number of carbonyl (C=O) groups excluding carboxylic acids is 2. The van der Waals surface area contributed by atoms with E-state index in [2.05, 4.69) is 20.9 Å². The number of hydrogen-bond donors (Lipinski definition) is 2. The smallest absolute Gasteiger partial charge is 0.273 e. The molecule has 162 valence electrons. The van der Waals surface area contributed by atoms with Crippen molar-refractivity contribution in [1.82, 2.24) is 25.6 Å². The van der Waals surface area contributed by atoms with Crippen molar-refractivity contribution < 1.29 is 19.1 Å². The zero-order chi connectivity index (χ0) is 21.7. The molecule has 1 fully saturated rings. The Morgan fingerprint density at radius 1 is 1.03 bits per heavy atom. The van der Waals surface area contributed by atoms with Crippen molar-refractivity contribution in [2.24, 2.45) is 0 Å². The number of methoxy groups -OCH3 is 2. The molecule has 0 saturated heterocycles. The van der Waals surface area contributed by atoms with Gasteiger partial charge in [0, 0.05) is 23.7 Å². The van der Waals surface area contributed by atoms with E-state index in [1.165, 1.54) is 0 Å². The Bertz CT molecular complexity index is 865. The molecule has 0 bridgehead atoms. The average Bonchev–Trinajstić information content (AvgIpc) is 3.24. The standard InChI is InChI=1S/C21H29N5O4/c1-13(2)22-21(28)19-12-26(25-24-19)16-7-5-15(6-8-16)23-20(27)14-9-17(29-3)11-18(10-14)30-4/h9-13,15-16H,5-8H2,1-4H3,(H,22,28)(H,23,27). The summed E-state index contributed by atoms with van der Waals surface area (Å²) >= 11 is 0. The van der Waals surface area contributed by atoms with Crippen LogP contribution in [0.15, 0.2) is 24.4 Å². The monoisotopic (exact) mass is 415 g/mol. The lowest BCUT2D eigenvalue weighted by Gasteiger charge is -2.29. The van der Waals surface area contributed by atoms with E-state index in [9.17, 15) is 9.59 Å². The van der Waals surface area contributed by atoms with E-state index in [0.717, 1.165) is 25.7 Å². The quantitative estimate of drug-likeness (QED) is 0.719. The third kappa shape index (κ3) is 5.28. The lowest BCUT2D eigenvalue weighted by atomic mass is 9.91. The predicted octanol–water partition coefficient (Wildman–Crippen LogP) is 2.35. The Balaban J connectivity index is 1.55. The van der Waals surface area contributed by atoms with Gasteiger partial charge in [-0.2, -0.15) is 0 Å². The Kier molecular flexibility index (Phi) is 6.91. The topological polar surface area (TPSA) is 107 Å². The summed E-state index contributed by atoms with van der Waals surface area (Å²) < 4.78 is 12.2. The van der Waals surface area contributed by atoms with Crippen molar-refractivity contribution in [2.75, 3.05) is 14.2 Å². The molecule has 2 N–H and O–H groups in total. The van der Waals surface area contributed by atoms with Gasteiger partial charge in [-0.25, -0.2) is 4.68 Å². The molecule has 0 atom stereocenters. The summed E-state index contributed by atoms with van der Waals surface area (Å²) in [4.78, 5) is 24.7. The highest BCUT2D eigenvalue weighted by Crippen LogP contribution is 2.28. The van der Waals surface area contributed by atoms with Gasteiger partial charge in [0.25, 0.3) is 11.8 Å². The lowest BCUT2D eigenvalue weighted by Crippen LogP contribution is -2.38. The van der Waals surface area contributed by atoms with Crippen LogP contribution < -0.4 is 20.1 Å². The third-order valence-corrected chi connectivity index (χ3v) is 5.18. The number of nitrogens with one attached hydrogen (secondary N) is 2. The molecular weight excluding hydrogens is 386 g/mol. The van der Waals surface area contributed by atoms with Crippen molar-refractivity contribution in [1.29, 1.82) is 0 Å². The van der Waals surface area contributed by atoms with Crippen LogP contribution in [-0.2, 0) is 0 Å². The van der Waals surface area contributed by atoms with E-state index in [1.807, 2.05) is 13.8 Å². The molecule has 1 aliphatic rings. The van der Waals surface area contributed by atoms with Crippen LogP contribution >= 0.6 is 0 Å². The van der Waals surface area contributed by atoms with Gasteiger partial charge in [-0.15, -0.1) is 5.10 Å². The molecule has 9 nitrogen and oxygen atoms in total. The van der Waals surface area contributed by atoms with E-state index in [-0.39, 0.29) is 29.9 Å². The molecule has 2 amide bonds. The first-order valence-corrected chi connectivity index (χ1v) is 10.2. The number of nitrogens with zero attached hydrogens (tertiary/aromatic N) is 3. The number of rotatable bonds is 7. The van der Waals surface area contributed by atoms with Gasteiger partial charge < -0.3 is 20.1 Å². The fraction of sp³-hybridized carbons (Fsp3) is 0.524. The minimum Gasteiger partial charge on any atom is -0.497 e. The highest BCUT2D eigenvalue weighted by molar-refractivity contribution is 5.95. The summed E-state index contributed by atoms with van der Waals surface area (Å²) in [6, 6.07) is 5.42. The van der Waals surface area contributed by atoms with Crippen molar-refractivity contribution in [3.63, 3.8) is 0 Å². The van der Waals surface area contributed by atoms with Gasteiger partial charge in [0.05, 0.1) is 26.5 Å². The Morgan fingerprint density at radius 3 is 2.23 bits per heavy atom. The minimum atomic E-state index is -0.217. The second-order valence-corrected chi connectivity index (χ2v) is 7.79. The normalized spacial score (nSPS) is 18.7. The highest BCUT2D eigenvalue weighted by atomic mass is 16.5. The maximum absolute atomic E-state index is 12.7. The first-order chi connectivity index (χ1) is 14.4. The number of ether oxygens (including phenoxy) is 2. The van der Waals surface area contributed by atoms with Crippen molar-refractivity contribution in [2.45, 2.75) is 57.7 Å². The minimum absolute atomic E-state index is 0.0475. The Labute approximate surface area is 176 Å². The zero-order valence-electron chi connectivity index (χ0n) is 17.8. The van der Waals surface area contributed by atoms with Crippen LogP contribution in [0.4, 0.5) is 0 Å². The van der Waals surface area contributed by atoms with E-state index >= 15 is 0 Å². The van der Waals surface area contributed by atoms with Gasteiger partial charge in [0.15, 0.2) is 5.69 Å². The summed E-state index contributed by atoms with van der Waals surface area (Å²) in [5, 5.41) is 14.0. The summed E-state index contributed by atoms with van der Waals surface area (Å²) in [6.07, 6.45) is 5.04. The van der Waals surface area contributed by atoms with Gasteiger partial charge in [-0.05, 0) is 51.7 Å². The largest absolute Gasteiger partial charge is 0.497 e. The summed E-state index contributed by atoms with van der Waals surface area (Å²) in [7, 11) is 3.11. The highest BCUT2D eigenvalue weighted by Gasteiger charge is 2.25. The average molecular weight is 415 g/mol. The van der Waals surface area contributed by atoms with E-state index in [4.69, 9.17) is 9.47 Å². The first-order valence-electron chi connectivity index (χ1n) is 10.2. The molecule has 3 rings (SSSR count). The lowest BCUT2D eigenvalue weighted by molar-refractivity contribution is 0.0916. The van der Waals surface area contributed by atoms with E-state index in [0.29, 0.717) is 22.8 Å². The number of carbonyl (C=O) groups is 2. The molecule has 30 heavy (non-hydrogen) atoms. The maximum Gasteiger partial charge on any atom is 0.273 e. The molecule has 0 aliphatic heterocycles. The van der Waals surface area contributed by atoms with Gasteiger partial charge in [0.2, 0.25) is 0 Å². The third-order valence-electron chi connectivity index (χ3n) is 5.18. The van der Waals surface area contributed by atoms with Crippen LogP contribution in [0.2, 0.25) is 0 Å². The molecule has 1 aliphatic carbocycles. The summed E-state index contributed by atoms with van der Waals surface area (Å²) in [5.74, 6) is 0.786. The van der Waals surface area contributed by atoms with Crippen LogP contribution in [-0.4, -0.2) is 53.1 Å². The van der Waals surface area contributed by atoms with Crippen LogP contribution in [0.25, 0.3) is 0 Å². The zero-order valence-corrected chi connectivity index (χ0v) is 17.8. The molecule has 1 heterocycles. The summed E-state index contributed by atoms with van der Waals surface area (Å²) in [6.45, 7) is 3.80.